The molecule has 0 heterocycles. The summed E-state index contributed by atoms with van der Waals surface area (Å²) in [5.41, 5.74) is 1.69. The van der Waals surface area contributed by atoms with Gasteiger partial charge in [0.25, 0.3) is 0 Å². The van der Waals surface area contributed by atoms with E-state index in [2.05, 4.69) is 42.5 Å². The van der Waals surface area contributed by atoms with E-state index in [4.69, 9.17) is 4.74 Å². The molecule has 2 rings (SSSR count). The molecule has 1 aromatic rings. The van der Waals surface area contributed by atoms with Crippen LogP contribution in [0.25, 0.3) is 0 Å². The van der Waals surface area contributed by atoms with E-state index < -0.39 is 0 Å². The molecule has 0 aliphatic heterocycles. The second-order valence-electron chi connectivity index (χ2n) is 6.43. The van der Waals surface area contributed by atoms with E-state index in [0.717, 1.165) is 18.8 Å². The molecule has 0 radical (unpaired) electrons. The van der Waals surface area contributed by atoms with Crippen molar-refractivity contribution in [2.45, 2.75) is 50.6 Å². The third kappa shape index (κ3) is 4.72. The average molecular weight is 290 g/mol. The zero-order chi connectivity index (χ0) is 15.1. The van der Waals surface area contributed by atoms with Gasteiger partial charge in [0.2, 0.25) is 0 Å². The van der Waals surface area contributed by atoms with Gasteiger partial charge in [-0.3, -0.25) is 0 Å². The average Bonchev–Trinajstić information content (AvgIpc) is 2.54. The van der Waals surface area contributed by atoms with Gasteiger partial charge in [-0.15, -0.1) is 0 Å². The van der Waals surface area contributed by atoms with E-state index in [1.807, 2.05) is 6.07 Å². The van der Waals surface area contributed by atoms with Crippen LogP contribution in [0.15, 0.2) is 24.3 Å². The molecule has 1 fully saturated rings. The molecule has 0 unspecified atom stereocenters. The van der Waals surface area contributed by atoms with Crippen LogP contribution in [-0.2, 0) is 6.54 Å². The molecule has 1 aliphatic carbocycles. The maximum atomic E-state index is 5.30. The summed E-state index contributed by atoms with van der Waals surface area (Å²) in [5.74, 6) is 0.944. The number of hydrogen-bond acceptors (Lipinski definition) is 3. The standard InChI is InChI=1S/C18H30N2O/c1-19-18(10-5-4-6-11-18)12-13-20(2)15-16-8-7-9-17(14-16)21-3/h7-9,14,19H,4-6,10-13,15H2,1-3H3. The Balaban J connectivity index is 1.84. The van der Waals surface area contributed by atoms with Crippen LogP contribution in [0.5, 0.6) is 5.75 Å². The lowest BCUT2D eigenvalue weighted by molar-refractivity contribution is 0.194. The lowest BCUT2D eigenvalue weighted by Gasteiger charge is -2.38. The highest BCUT2D eigenvalue weighted by Gasteiger charge is 2.29. The summed E-state index contributed by atoms with van der Waals surface area (Å²) >= 11 is 0. The molecule has 1 saturated carbocycles. The molecule has 0 spiro atoms. The zero-order valence-electron chi connectivity index (χ0n) is 13.8. The van der Waals surface area contributed by atoms with Gasteiger partial charge < -0.3 is 15.0 Å². The summed E-state index contributed by atoms with van der Waals surface area (Å²) in [6.07, 6.45) is 8.06. The van der Waals surface area contributed by atoms with Gasteiger partial charge in [-0.2, -0.15) is 0 Å². The quantitative estimate of drug-likeness (QED) is 0.832. The molecule has 1 N–H and O–H groups in total. The lowest BCUT2D eigenvalue weighted by Crippen LogP contribution is -2.46. The largest absolute Gasteiger partial charge is 0.497 e. The van der Waals surface area contributed by atoms with Crippen molar-refractivity contribution < 1.29 is 4.74 Å². The minimum Gasteiger partial charge on any atom is -0.497 e. The molecule has 1 aliphatic rings. The van der Waals surface area contributed by atoms with Crippen molar-refractivity contribution in [1.82, 2.24) is 10.2 Å². The maximum absolute atomic E-state index is 5.30. The summed E-state index contributed by atoms with van der Waals surface area (Å²) in [4.78, 5) is 2.42. The first-order valence-electron chi connectivity index (χ1n) is 8.18. The molecule has 3 nitrogen and oxygen atoms in total. The van der Waals surface area contributed by atoms with Gasteiger partial charge in [0, 0.05) is 12.1 Å². The van der Waals surface area contributed by atoms with Gasteiger partial charge in [0.15, 0.2) is 0 Å². The minimum absolute atomic E-state index is 0.376. The Labute approximate surface area is 129 Å². The Hall–Kier alpha value is -1.06. The van der Waals surface area contributed by atoms with E-state index in [0.29, 0.717) is 5.54 Å². The van der Waals surface area contributed by atoms with E-state index in [1.54, 1.807) is 7.11 Å². The van der Waals surface area contributed by atoms with Gasteiger partial charge in [-0.05, 0) is 57.6 Å². The van der Waals surface area contributed by atoms with Crippen molar-refractivity contribution in [2.75, 3.05) is 27.7 Å². The minimum atomic E-state index is 0.376. The highest BCUT2D eigenvalue weighted by molar-refractivity contribution is 5.28. The first-order valence-corrected chi connectivity index (χ1v) is 8.18. The lowest BCUT2D eigenvalue weighted by atomic mass is 9.79. The Kier molecular flexibility index (Phi) is 6.07. The van der Waals surface area contributed by atoms with Crippen LogP contribution in [0.1, 0.15) is 44.1 Å². The van der Waals surface area contributed by atoms with Crippen LogP contribution < -0.4 is 10.1 Å². The van der Waals surface area contributed by atoms with Crippen molar-refractivity contribution in [2.24, 2.45) is 0 Å². The number of benzene rings is 1. The van der Waals surface area contributed by atoms with E-state index in [9.17, 15) is 0 Å². The normalized spacial score (nSPS) is 17.9. The highest BCUT2D eigenvalue weighted by atomic mass is 16.5. The summed E-state index contributed by atoms with van der Waals surface area (Å²) in [7, 11) is 6.07. The van der Waals surface area contributed by atoms with Crippen molar-refractivity contribution in [3.8, 4) is 5.75 Å². The number of methoxy groups -OCH3 is 1. The fourth-order valence-electron chi connectivity index (χ4n) is 3.42. The summed E-state index contributed by atoms with van der Waals surface area (Å²) in [5, 5.41) is 3.61. The molecule has 21 heavy (non-hydrogen) atoms. The first-order chi connectivity index (χ1) is 10.2. The smallest absolute Gasteiger partial charge is 0.119 e. The van der Waals surface area contributed by atoms with Gasteiger partial charge in [0.1, 0.15) is 5.75 Å². The summed E-state index contributed by atoms with van der Waals surface area (Å²) in [6, 6.07) is 8.37. The van der Waals surface area contributed by atoms with Crippen LogP contribution in [0.4, 0.5) is 0 Å². The molecule has 118 valence electrons. The number of ether oxygens (including phenoxy) is 1. The number of rotatable bonds is 7. The number of hydrogen-bond donors (Lipinski definition) is 1. The fourth-order valence-corrected chi connectivity index (χ4v) is 3.42. The Morgan fingerprint density at radius 2 is 2.00 bits per heavy atom. The SMILES string of the molecule is CNC1(CCN(C)Cc2cccc(OC)c2)CCCCC1. The van der Waals surface area contributed by atoms with Crippen LogP contribution in [0, 0.1) is 0 Å². The number of nitrogens with one attached hydrogen (secondary N) is 1. The zero-order valence-corrected chi connectivity index (χ0v) is 13.8. The topological polar surface area (TPSA) is 24.5 Å². The van der Waals surface area contributed by atoms with E-state index in [-0.39, 0.29) is 0 Å². The number of nitrogens with zero attached hydrogens (tertiary/aromatic N) is 1. The first kappa shape index (κ1) is 16.3. The summed E-state index contributed by atoms with van der Waals surface area (Å²) in [6.45, 7) is 2.12. The van der Waals surface area contributed by atoms with Crippen LogP contribution in [-0.4, -0.2) is 38.2 Å². The maximum Gasteiger partial charge on any atom is 0.119 e. The molecule has 0 bridgehead atoms. The second kappa shape index (κ2) is 7.81. The molecule has 0 amide bonds. The highest BCUT2D eigenvalue weighted by Crippen LogP contribution is 2.30. The third-order valence-electron chi connectivity index (χ3n) is 4.90. The van der Waals surface area contributed by atoms with Crippen LogP contribution in [0.2, 0.25) is 0 Å². The molecule has 3 heteroatoms. The Morgan fingerprint density at radius 3 is 2.67 bits per heavy atom. The van der Waals surface area contributed by atoms with Crippen molar-refractivity contribution in [3.63, 3.8) is 0 Å². The molecule has 0 atom stereocenters. The van der Waals surface area contributed by atoms with Gasteiger partial charge >= 0.3 is 0 Å². The fraction of sp³-hybridized carbons (Fsp3) is 0.667. The third-order valence-corrected chi connectivity index (χ3v) is 4.90. The molecule has 0 aromatic heterocycles. The molecule has 0 saturated heterocycles. The van der Waals surface area contributed by atoms with E-state index in [1.165, 1.54) is 44.1 Å². The molecular formula is C18H30N2O. The summed E-state index contributed by atoms with van der Waals surface area (Å²) < 4.78 is 5.30. The van der Waals surface area contributed by atoms with Gasteiger partial charge in [-0.1, -0.05) is 31.4 Å². The predicted molar refractivity (Wildman–Crippen MR) is 88.8 cm³/mol. The van der Waals surface area contributed by atoms with Gasteiger partial charge in [0.05, 0.1) is 7.11 Å². The van der Waals surface area contributed by atoms with E-state index >= 15 is 0 Å². The van der Waals surface area contributed by atoms with Crippen molar-refractivity contribution in [3.05, 3.63) is 29.8 Å². The molecular weight excluding hydrogens is 260 g/mol. The van der Waals surface area contributed by atoms with Crippen LogP contribution >= 0.6 is 0 Å². The molecule has 1 aromatic carbocycles. The van der Waals surface area contributed by atoms with Gasteiger partial charge in [-0.25, -0.2) is 0 Å². The van der Waals surface area contributed by atoms with Crippen molar-refractivity contribution >= 4 is 0 Å². The Bertz CT molecular complexity index is 427. The monoisotopic (exact) mass is 290 g/mol. The predicted octanol–water partition coefficient (Wildman–Crippen LogP) is 3.44. The van der Waals surface area contributed by atoms with Crippen LogP contribution in [0.3, 0.4) is 0 Å². The van der Waals surface area contributed by atoms with Crippen molar-refractivity contribution in [1.29, 1.82) is 0 Å². The Morgan fingerprint density at radius 1 is 1.24 bits per heavy atom. The second-order valence-corrected chi connectivity index (χ2v) is 6.43.